The maximum atomic E-state index is 11.8. The Bertz CT molecular complexity index is 436. The van der Waals surface area contributed by atoms with Gasteiger partial charge in [-0.2, -0.15) is 0 Å². The van der Waals surface area contributed by atoms with Crippen LogP contribution in [-0.4, -0.2) is 30.3 Å². The molecule has 0 saturated heterocycles. The number of fused-ring (bicyclic) bond motifs is 1. The van der Waals surface area contributed by atoms with Crippen molar-refractivity contribution in [2.24, 2.45) is 11.8 Å². The first-order chi connectivity index (χ1) is 9.30. The summed E-state index contributed by atoms with van der Waals surface area (Å²) in [7, 11) is 0. The lowest BCUT2D eigenvalue weighted by atomic mass is 9.95. The maximum Gasteiger partial charge on any atom is 0.407 e. The number of hydrogen-bond donors (Lipinski definition) is 1. The van der Waals surface area contributed by atoms with E-state index in [1.165, 1.54) is 0 Å². The zero-order valence-electron chi connectivity index (χ0n) is 12.6. The van der Waals surface area contributed by atoms with Crippen molar-refractivity contribution in [3.63, 3.8) is 0 Å². The second-order valence-electron chi connectivity index (χ2n) is 6.43. The van der Waals surface area contributed by atoms with Gasteiger partial charge in [-0.1, -0.05) is 6.08 Å². The molecule has 0 spiro atoms. The highest BCUT2D eigenvalue weighted by molar-refractivity contribution is 5.89. The number of esters is 1. The van der Waals surface area contributed by atoms with E-state index in [0.717, 1.165) is 6.42 Å². The van der Waals surface area contributed by atoms with Crippen LogP contribution in [0.5, 0.6) is 0 Å². The summed E-state index contributed by atoms with van der Waals surface area (Å²) < 4.78 is 10.3. The smallest absolute Gasteiger partial charge is 0.407 e. The van der Waals surface area contributed by atoms with Crippen molar-refractivity contribution in [3.8, 4) is 0 Å². The van der Waals surface area contributed by atoms with Crippen LogP contribution < -0.4 is 5.32 Å². The topological polar surface area (TPSA) is 64.6 Å². The summed E-state index contributed by atoms with van der Waals surface area (Å²) in [5.41, 5.74) is 0.160. The molecule has 1 N–H and O–H groups in total. The first-order valence-electron chi connectivity index (χ1n) is 7.17. The minimum atomic E-state index is -0.512. The molecule has 2 aliphatic carbocycles. The molecule has 5 heteroatoms. The molecule has 2 aliphatic rings. The third-order valence-electron chi connectivity index (χ3n) is 3.50. The van der Waals surface area contributed by atoms with Crippen LogP contribution in [-0.2, 0) is 14.3 Å². The number of carbonyl (C=O) groups excluding carboxylic acids is 2. The van der Waals surface area contributed by atoms with Gasteiger partial charge in [0.15, 0.2) is 0 Å². The summed E-state index contributed by atoms with van der Waals surface area (Å²) >= 11 is 0. The first-order valence-corrected chi connectivity index (χ1v) is 7.17. The molecule has 0 unspecified atom stereocenters. The van der Waals surface area contributed by atoms with Crippen molar-refractivity contribution in [3.05, 3.63) is 11.6 Å². The monoisotopic (exact) mass is 281 g/mol. The van der Waals surface area contributed by atoms with Gasteiger partial charge < -0.3 is 14.8 Å². The fraction of sp³-hybridized carbons (Fsp3) is 0.733. The fourth-order valence-corrected chi connectivity index (χ4v) is 2.60. The van der Waals surface area contributed by atoms with Crippen LogP contribution in [0.25, 0.3) is 0 Å². The zero-order chi connectivity index (χ0) is 14.9. The van der Waals surface area contributed by atoms with Gasteiger partial charge in [0.1, 0.15) is 5.60 Å². The van der Waals surface area contributed by atoms with Crippen LogP contribution in [0.4, 0.5) is 4.79 Å². The molecule has 112 valence electrons. The highest BCUT2D eigenvalue weighted by atomic mass is 16.6. The van der Waals surface area contributed by atoms with Crippen LogP contribution in [0, 0.1) is 11.8 Å². The molecule has 5 nitrogen and oxygen atoms in total. The fourth-order valence-electron chi connectivity index (χ4n) is 2.60. The van der Waals surface area contributed by atoms with Crippen molar-refractivity contribution >= 4 is 12.1 Å². The van der Waals surface area contributed by atoms with Gasteiger partial charge in [0.25, 0.3) is 0 Å². The molecule has 1 fully saturated rings. The van der Waals surface area contributed by atoms with Gasteiger partial charge in [0, 0.05) is 11.6 Å². The van der Waals surface area contributed by atoms with Crippen LogP contribution in [0.3, 0.4) is 0 Å². The van der Waals surface area contributed by atoms with E-state index in [1.54, 1.807) is 6.92 Å². The molecular weight excluding hydrogens is 258 g/mol. The van der Waals surface area contributed by atoms with E-state index in [9.17, 15) is 9.59 Å². The van der Waals surface area contributed by atoms with Gasteiger partial charge in [-0.25, -0.2) is 9.59 Å². The standard InChI is InChI=1S/C15H23NO4/c1-5-19-13(17)10-6-9-7-11(9)12(8-10)16-14(18)20-15(2,3)4/h6,9,11-12H,5,7-8H2,1-4H3,(H,16,18)/t9-,11+,12+/m1/s1. The third kappa shape index (κ3) is 3.74. The van der Waals surface area contributed by atoms with Crippen LogP contribution in [0.1, 0.15) is 40.5 Å². The van der Waals surface area contributed by atoms with Gasteiger partial charge in [0.05, 0.1) is 6.61 Å². The highest BCUT2D eigenvalue weighted by Gasteiger charge is 2.47. The Hall–Kier alpha value is -1.52. The Kier molecular flexibility index (Phi) is 4.06. The lowest BCUT2D eigenvalue weighted by molar-refractivity contribution is -0.138. The van der Waals surface area contributed by atoms with E-state index in [4.69, 9.17) is 9.47 Å². The Morgan fingerprint density at radius 3 is 2.70 bits per heavy atom. The second kappa shape index (κ2) is 5.46. The Labute approximate surface area is 119 Å². The summed E-state index contributed by atoms with van der Waals surface area (Å²) in [4.78, 5) is 23.6. The first kappa shape index (κ1) is 14.9. The number of ether oxygens (including phenoxy) is 2. The van der Waals surface area contributed by atoms with E-state index in [-0.39, 0.29) is 12.0 Å². The normalized spacial score (nSPS) is 28.0. The molecule has 20 heavy (non-hydrogen) atoms. The molecule has 0 aromatic carbocycles. The summed E-state index contributed by atoms with van der Waals surface area (Å²) in [5.74, 6) is 0.553. The molecule has 3 atom stereocenters. The van der Waals surface area contributed by atoms with Crippen molar-refractivity contribution in [2.45, 2.75) is 52.2 Å². The molecule has 0 radical (unpaired) electrons. The highest BCUT2D eigenvalue weighted by Crippen LogP contribution is 2.48. The van der Waals surface area contributed by atoms with Crippen LogP contribution >= 0.6 is 0 Å². The number of carbonyl (C=O) groups is 2. The predicted molar refractivity (Wildman–Crippen MR) is 74.1 cm³/mol. The van der Waals surface area contributed by atoms with Crippen molar-refractivity contribution in [1.29, 1.82) is 0 Å². The van der Waals surface area contributed by atoms with E-state index in [2.05, 4.69) is 5.32 Å². The van der Waals surface area contributed by atoms with Gasteiger partial charge >= 0.3 is 12.1 Å². The predicted octanol–water partition coefficient (Wildman–Crippen LogP) is 2.41. The van der Waals surface area contributed by atoms with Crippen LogP contribution in [0.15, 0.2) is 11.6 Å². The number of alkyl carbamates (subject to hydrolysis) is 1. The lowest BCUT2D eigenvalue weighted by Crippen LogP contribution is -2.42. The quantitative estimate of drug-likeness (QED) is 0.807. The van der Waals surface area contributed by atoms with E-state index >= 15 is 0 Å². The average Bonchev–Trinajstić information content (AvgIpc) is 3.05. The molecule has 0 aliphatic heterocycles. The van der Waals surface area contributed by atoms with Gasteiger partial charge in [-0.05, 0) is 52.4 Å². The Balaban J connectivity index is 1.93. The van der Waals surface area contributed by atoms with Gasteiger partial charge in [-0.3, -0.25) is 0 Å². The van der Waals surface area contributed by atoms with Crippen molar-refractivity contribution in [1.82, 2.24) is 5.32 Å². The second-order valence-corrected chi connectivity index (χ2v) is 6.43. The molecular formula is C15H23NO4. The molecule has 2 rings (SSSR count). The molecule has 1 saturated carbocycles. The summed E-state index contributed by atoms with van der Waals surface area (Å²) in [6, 6.07) is -0.0285. The zero-order valence-corrected chi connectivity index (χ0v) is 12.6. The van der Waals surface area contributed by atoms with Crippen molar-refractivity contribution < 1.29 is 19.1 Å². The third-order valence-corrected chi connectivity index (χ3v) is 3.50. The van der Waals surface area contributed by atoms with E-state index < -0.39 is 11.7 Å². The number of hydrogen-bond acceptors (Lipinski definition) is 4. The molecule has 0 aromatic rings. The minimum absolute atomic E-state index is 0.0285. The average molecular weight is 281 g/mol. The Morgan fingerprint density at radius 1 is 1.40 bits per heavy atom. The lowest BCUT2D eigenvalue weighted by Gasteiger charge is -2.25. The maximum absolute atomic E-state index is 11.8. The summed E-state index contributed by atoms with van der Waals surface area (Å²) in [5, 5.41) is 2.88. The largest absolute Gasteiger partial charge is 0.463 e. The van der Waals surface area contributed by atoms with Gasteiger partial charge in [-0.15, -0.1) is 0 Å². The number of amides is 1. The number of allylic oxidation sites excluding steroid dienone is 1. The number of nitrogens with one attached hydrogen (secondary N) is 1. The summed E-state index contributed by atoms with van der Waals surface area (Å²) in [6.07, 6.45) is 3.12. The molecule has 1 amide bonds. The SMILES string of the molecule is CCOC(=O)C1=C[C@@H]2C[C@@H]2[C@@H](NC(=O)OC(C)(C)C)C1. The Morgan fingerprint density at radius 2 is 2.10 bits per heavy atom. The molecule has 0 aromatic heterocycles. The van der Waals surface area contributed by atoms with Gasteiger partial charge in [0.2, 0.25) is 0 Å². The minimum Gasteiger partial charge on any atom is -0.463 e. The number of rotatable bonds is 3. The van der Waals surface area contributed by atoms with E-state index in [1.807, 2.05) is 26.8 Å². The molecule has 0 bridgehead atoms. The summed E-state index contributed by atoms with van der Waals surface area (Å²) in [6.45, 7) is 7.65. The van der Waals surface area contributed by atoms with Crippen LogP contribution in [0.2, 0.25) is 0 Å². The van der Waals surface area contributed by atoms with Crippen molar-refractivity contribution in [2.75, 3.05) is 6.61 Å². The molecule has 0 heterocycles. The van der Waals surface area contributed by atoms with E-state index in [0.29, 0.717) is 30.4 Å².